The molecule has 0 aliphatic carbocycles. The highest BCUT2D eigenvalue weighted by atomic mass is 35.5. The molecule has 1 rings (SSSR count). The van der Waals surface area contributed by atoms with E-state index in [2.05, 4.69) is 0 Å². The fraction of sp³-hybridized carbons (Fsp3) is 0.154. The van der Waals surface area contributed by atoms with E-state index >= 15 is 0 Å². The van der Waals surface area contributed by atoms with Gasteiger partial charge < -0.3 is 0 Å². The summed E-state index contributed by atoms with van der Waals surface area (Å²) in [6, 6.07) is 7.85. The van der Waals surface area contributed by atoms with Crippen LogP contribution in [0.25, 0.3) is 6.08 Å². The van der Waals surface area contributed by atoms with Gasteiger partial charge in [0.2, 0.25) is 0 Å². The average Bonchev–Trinajstić information content (AvgIpc) is 2.29. The first kappa shape index (κ1) is 14.3. The number of rotatable bonds is 2. The number of nitriles is 1. The van der Waals surface area contributed by atoms with Crippen molar-refractivity contribution in [2.24, 2.45) is 0 Å². The zero-order valence-corrected chi connectivity index (χ0v) is 10.2. The van der Waals surface area contributed by atoms with E-state index in [1.54, 1.807) is 24.3 Å². The van der Waals surface area contributed by atoms with Crippen molar-refractivity contribution in [3.63, 3.8) is 0 Å². The van der Waals surface area contributed by atoms with Crippen LogP contribution >= 0.6 is 11.6 Å². The molecule has 0 saturated carbocycles. The standard InChI is InChI=1S/C13H9ClF3N/c1-9(8-18)12(13(15,16)17)7-4-10-2-5-11(14)6-3-10/h2-7H,1H3/b7-4+,12-9-. The Morgan fingerprint density at radius 3 is 2.28 bits per heavy atom. The van der Waals surface area contributed by atoms with Gasteiger partial charge in [-0.05, 0) is 30.7 Å². The van der Waals surface area contributed by atoms with Crippen LogP contribution < -0.4 is 0 Å². The molecule has 1 nitrogen and oxygen atoms in total. The third kappa shape index (κ3) is 3.94. The second-order valence-corrected chi connectivity index (χ2v) is 3.97. The molecule has 0 amide bonds. The molecule has 0 unspecified atom stereocenters. The van der Waals surface area contributed by atoms with Crippen LogP contribution in [0.5, 0.6) is 0 Å². The Bertz CT molecular complexity index is 519. The van der Waals surface area contributed by atoms with Gasteiger partial charge in [-0.2, -0.15) is 18.4 Å². The van der Waals surface area contributed by atoms with Gasteiger partial charge >= 0.3 is 6.18 Å². The highest BCUT2D eigenvalue weighted by molar-refractivity contribution is 6.30. The summed E-state index contributed by atoms with van der Waals surface area (Å²) in [6.07, 6.45) is -2.36. The molecule has 0 spiro atoms. The van der Waals surface area contributed by atoms with Crippen molar-refractivity contribution in [2.45, 2.75) is 13.1 Å². The second kappa shape index (κ2) is 5.74. The third-order valence-corrected chi connectivity index (χ3v) is 2.44. The zero-order valence-electron chi connectivity index (χ0n) is 9.42. The summed E-state index contributed by atoms with van der Waals surface area (Å²) in [7, 11) is 0. The molecule has 0 bridgehead atoms. The average molecular weight is 272 g/mol. The first-order chi connectivity index (χ1) is 8.34. The monoisotopic (exact) mass is 271 g/mol. The fourth-order valence-electron chi connectivity index (χ4n) is 1.25. The minimum absolute atomic E-state index is 0.368. The van der Waals surface area contributed by atoms with Gasteiger partial charge in [0.15, 0.2) is 0 Å². The molecular weight excluding hydrogens is 263 g/mol. The van der Waals surface area contributed by atoms with Crippen LogP contribution in [0.15, 0.2) is 41.5 Å². The van der Waals surface area contributed by atoms with Gasteiger partial charge in [-0.3, -0.25) is 0 Å². The first-order valence-corrected chi connectivity index (χ1v) is 5.34. The predicted octanol–water partition coefficient (Wildman–Crippen LogP) is 4.76. The fourth-order valence-corrected chi connectivity index (χ4v) is 1.37. The molecule has 0 saturated heterocycles. The van der Waals surface area contributed by atoms with Gasteiger partial charge in [-0.25, -0.2) is 0 Å². The lowest BCUT2D eigenvalue weighted by molar-refractivity contribution is -0.0886. The number of nitrogens with zero attached hydrogens (tertiary/aromatic N) is 1. The van der Waals surface area contributed by atoms with Crippen LogP contribution in [0.3, 0.4) is 0 Å². The molecule has 0 aromatic heterocycles. The molecule has 0 aliphatic rings. The van der Waals surface area contributed by atoms with Crippen LogP contribution in [-0.4, -0.2) is 6.18 Å². The van der Waals surface area contributed by atoms with E-state index in [0.717, 1.165) is 13.0 Å². The van der Waals surface area contributed by atoms with Gasteiger partial charge in [-0.1, -0.05) is 29.8 Å². The maximum atomic E-state index is 12.6. The molecule has 0 heterocycles. The Morgan fingerprint density at radius 2 is 1.83 bits per heavy atom. The Labute approximate surface area is 108 Å². The molecule has 0 fully saturated rings. The summed E-state index contributed by atoms with van der Waals surface area (Å²) in [4.78, 5) is 0. The second-order valence-electron chi connectivity index (χ2n) is 3.53. The van der Waals surface area contributed by atoms with Crippen molar-refractivity contribution in [2.75, 3.05) is 0 Å². The number of halogens is 4. The first-order valence-electron chi connectivity index (χ1n) is 4.96. The van der Waals surface area contributed by atoms with Gasteiger partial charge in [-0.15, -0.1) is 0 Å². The summed E-state index contributed by atoms with van der Waals surface area (Å²) in [6.45, 7) is 1.13. The highest BCUT2D eigenvalue weighted by Crippen LogP contribution is 2.29. The van der Waals surface area contributed by atoms with Crippen LogP contribution in [0.4, 0.5) is 13.2 Å². The topological polar surface area (TPSA) is 23.8 Å². The number of hydrogen-bond donors (Lipinski definition) is 0. The smallest absolute Gasteiger partial charge is 0.193 e. The Morgan fingerprint density at radius 1 is 1.28 bits per heavy atom. The van der Waals surface area contributed by atoms with E-state index in [4.69, 9.17) is 16.9 Å². The minimum Gasteiger partial charge on any atom is -0.193 e. The van der Waals surface area contributed by atoms with Crippen LogP contribution in [0.1, 0.15) is 12.5 Å². The molecular formula is C13H9ClF3N. The number of hydrogen-bond acceptors (Lipinski definition) is 1. The summed E-state index contributed by atoms with van der Waals surface area (Å²) in [5.41, 5.74) is -0.737. The Kier molecular flexibility index (Phi) is 4.57. The minimum atomic E-state index is -4.54. The van der Waals surface area contributed by atoms with E-state index in [0.29, 0.717) is 10.6 Å². The van der Waals surface area contributed by atoms with Gasteiger partial charge in [0.25, 0.3) is 0 Å². The molecule has 1 aromatic rings. The maximum Gasteiger partial charge on any atom is 0.417 e. The Hall–Kier alpha value is -1.73. The van der Waals surface area contributed by atoms with E-state index in [-0.39, 0.29) is 5.57 Å². The molecule has 5 heteroatoms. The van der Waals surface area contributed by atoms with Crippen molar-refractivity contribution >= 4 is 17.7 Å². The molecule has 18 heavy (non-hydrogen) atoms. The normalized spacial score (nSPS) is 13.3. The highest BCUT2D eigenvalue weighted by Gasteiger charge is 2.33. The molecule has 0 aliphatic heterocycles. The summed E-state index contributed by atoms with van der Waals surface area (Å²) in [5, 5.41) is 9.05. The lowest BCUT2D eigenvalue weighted by Gasteiger charge is -2.08. The van der Waals surface area contributed by atoms with Crippen molar-refractivity contribution < 1.29 is 13.2 Å². The van der Waals surface area contributed by atoms with E-state index in [1.807, 2.05) is 0 Å². The molecule has 0 atom stereocenters. The Balaban J connectivity index is 3.07. The number of alkyl halides is 3. The SMILES string of the molecule is C/C(C#N)=C(\C=C\c1ccc(Cl)cc1)C(F)(F)F. The van der Waals surface area contributed by atoms with Crippen LogP contribution in [-0.2, 0) is 0 Å². The van der Waals surface area contributed by atoms with Crippen molar-refractivity contribution in [1.82, 2.24) is 0 Å². The van der Waals surface area contributed by atoms with E-state index < -0.39 is 11.7 Å². The largest absolute Gasteiger partial charge is 0.417 e. The molecule has 1 aromatic carbocycles. The maximum absolute atomic E-state index is 12.6. The molecule has 94 valence electrons. The molecule has 0 N–H and O–H groups in total. The number of allylic oxidation sites excluding steroid dienone is 3. The van der Waals surface area contributed by atoms with Crippen molar-refractivity contribution in [3.05, 3.63) is 52.1 Å². The quantitative estimate of drug-likeness (QED) is 0.562. The molecule has 0 radical (unpaired) electrons. The van der Waals surface area contributed by atoms with E-state index in [1.165, 1.54) is 12.1 Å². The van der Waals surface area contributed by atoms with Gasteiger partial charge in [0, 0.05) is 10.6 Å². The van der Waals surface area contributed by atoms with E-state index in [9.17, 15) is 13.2 Å². The van der Waals surface area contributed by atoms with Crippen LogP contribution in [0.2, 0.25) is 5.02 Å². The van der Waals surface area contributed by atoms with Crippen LogP contribution in [0, 0.1) is 11.3 Å². The summed E-state index contributed by atoms with van der Waals surface area (Å²) >= 11 is 5.66. The third-order valence-electron chi connectivity index (χ3n) is 2.19. The lowest BCUT2D eigenvalue weighted by atomic mass is 10.1. The summed E-state index contributed by atoms with van der Waals surface area (Å²) in [5.74, 6) is 0. The lowest BCUT2D eigenvalue weighted by Crippen LogP contribution is -2.11. The number of benzene rings is 1. The van der Waals surface area contributed by atoms with Gasteiger partial charge in [0.05, 0.1) is 11.6 Å². The van der Waals surface area contributed by atoms with Crippen molar-refractivity contribution in [3.8, 4) is 6.07 Å². The van der Waals surface area contributed by atoms with Gasteiger partial charge in [0.1, 0.15) is 0 Å². The predicted molar refractivity (Wildman–Crippen MR) is 64.9 cm³/mol. The zero-order chi connectivity index (χ0) is 13.8. The summed E-state index contributed by atoms with van der Waals surface area (Å²) < 4.78 is 37.9. The van der Waals surface area contributed by atoms with Crippen molar-refractivity contribution in [1.29, 1.82) is 5.26 Å².